The van der Waals surface area contributed by atoms with E-state index in [0.29, 0.717) is 41.1 Å². The Balaban J connectivity index is 1.54. The number of benzene rings is 1. The number of aryl methyl sites for hydroxylation is 1. The Labute approximate surface area is 250 Å². The van der Waals surface area contributed by atoms with Gasteiger partial charge in [-0.3, -0.25) is 9.59 Å². The van der Waals surface area contributed by atoms with Crippen molar-refractivity contribution in [3.8, 4) is 11.9 Å². The highest BCUT2D eigenvalue weighted by molar-refractivity contribution is 9.10. The molecule has 4 rings (SSSR count). The van der Waals surface area contributed by atoms with Crippen molar-refractivity contribution in [2.45, 2.75) is 52.2 Å². The number of hydrogen-bond donors (Lipinski definition) is 2. The van der Waals surface area contributed by atoms with Gasteiger partial charge in [-0.15, -0.1) is 0 Å². The number of nitriles is 1. The molecule has 1 saturated heterocycles. The number of aromatic nitrogens is 3. The van der Waals surface area contributed by atoms with Gasteiger partial charge >= 0.3 is 6.09 Å². The van der Waals surface area contributed by atoms with E-state index in [1.807, 2.05) is 20.8 Å². The lowest BCUT2D eigenvalue weighted by molar-refractivity contribution is 0.0199. The van der Waals surface area contributed by atoms with Crippen molar-refractivity contribution in [3.05, 3.63) is 68.5 Å². The monoisotopic (exact) mass is 641 g/mol. The molecule has 3 heterocycles. The molecule has 13 heteroatoms. The summed E-state index contributed by atoms with van der Waals surface area (Å²) in [6.45, 7) is 7.99. The van der Waals surface area contributed by atoms with Crippen LogP contribution in [0.25, 0.3) is 5.82 Å². The van der Waals surface area contributed by atoms with Crippen LogP contribution in [0.15, 0.2) is 41.1 Å². The first-order chi connectivity index (χ1) is 19.4. The lowest BCUT2D eigenvalue weighted by Gasteiger charge is -2.33. The Hall–Kier alpha value is -3.95. The maximum absolute atomic E-state index is 13.5. The molecule has 0 spiro atoms. The predicted octanol–water partition coefficient (Wildman–Crippen LogP) is 5.24. The molecule has 0 unspecified atom stereocenters. The first-order valence-corrected chi connectivity index (χ1v) is 14.0. The Morgan fingerprint density at radius 3 is 2.51 bits per heavy atom. The second kappa shape index (κ2) is 12.3. The molecule has 3 amide bonds. The fourth-order valence-electron chi connectivity index (χ4n) is 4.38. The maximum Gasteiger partial charge on any atom is 0.410 e. The zero-order valence-electron chi connectivity index (χ0n) is 23.0. The fraction of sp³-hybridized carbons (Fsp3) is 0.357. The Morgan fingerprint density at radius 2 is 1.88 bits per heavy atom. The molecule has 1 aliphatic heterocycles. The van der Waals surface area contributed by atoms with Gasteiger partial charge in [-0.25, -0.2) is 14.5 Å². The van der Waals surface area contributed by atoms with Crippen molar-refractivity contribution >= 4 is 51.1 Å². The maximum atomic E-state index is 13.5. The highest BCUT2D eigenvalue weighted by Crippen LogP contribution is 2.27. The van der Waals surface area contributed by atoms with E-state index in [-0.39, 0.29) is 40.5 Å². The van der Waals surface area contributed by atoms with Crippen molar-refractivity contribution in [2.24, 2.45) is 0 Å². The second-order valence-electron chi connectivity index (χ2n) is 10.6. The van der Waals surface area contributed by atoms with Crippen LogP contribution < -0.4 is 10.6 Å². The molecule has 0 atom stereocenters. The van der Waals surface area contributed by atoms with E-state index < -0.39 is 17.4 Å². The third kappa shape index (κ3) is 7.23. The van der Waals surface area contributed by atoms with Crippen LogP contribution in [0.4, 0.5) is 10.5 Å². The number of halogens is 2. The van der Waals surface area contributed by atoms with Crippen LogP contribution in [-0.4, -0.2) is 62.3 Å². The molecule has 1 aliphatic rings. The highest BCUT2D eigenvalue weighted by atomic mass is 79.9. The number of hydrogen-bond acceptors (Lipinski definition) is 7. The van der Waals surface area contributed by atoms with Crippen molar-refractivity contribution in [1.29, 1.82) is 5.26 Å². The molecule has 41 heavy (non-hydrogen) atoms. The molecule has 11 nitrogen and oxygen atoms in total. The smallest absolute Gasteiger partial charge is 0.410 e. The lowest BCUT2D eigenvalue weighted by Crippen LogP contribution is -2.47. The minimum Gasteiger partial charge on any atom is -0.444 e. The summed E-state index contributed by atoms with van der Waals surface area (Å²) in [5.41, 5.74) is 0.743. The number of anilines is 1. The van der Waals surface area contributed by atoms with Crippen molar-refractivity contribution in [3.63, 3.8) is 0 Å². The fourth-order valence-corrected chi connectivity index (χ4v) is 4.96. The molecule has 2 aromatic heterocycles. The van der Waals surface area contributed by atoms with Gasteiger partial charge in [0.25, 0.3) is 11.8 Å². The van der Waals surface area contributed by atoms with Gasteiger partial charge < -0.3 is 20.3 Å². The molecular weight excluding hydrogens is 614 g/mol. The zero-order chi connectivity index (χ0) is 29.9. The number of pyridine rings is 1. The summed E-state index contributed by atoms with van der Waals surface area (Å²) in [6, 6.07) is 9.69. The van der Waals surface area contributed by atoms with E-state index in [1.165, 1.54) is 23.0 Å². The van der Waals surface area contributed by atoms with Gasteiger partial charge in [0, 0.05) is 31.4 Å². The lowest BCUT2D eigenvalue weighted by atomic mass is 10.0. The first-order valence-electron chi connectivity index (χ1n) is 12.9. The summed E-state index contributed by atoms with van der Waals surface area (Å²) >= 11 is 9.59. The third-order valence-electron chi connectivity index (χ3n) is 6.28. The number of rotatable bonds is 5. The van der Waals surface area contributed by atoms with Crippen LogP contribution in [0, 0.1) is 18.3 Å². The van der Waals surface area contributed by atoms with Gasteiger partial charge in [0.1, 0.15) is 15.9 Å². The third-order valence-corrected chi connectivity index (χ3v) is 6.96. The molecule has 214 valence electrons. The normalized spacial score (nSPS) is 13.8. The zero-order valence-corrected chi connectivity index (χ0v) is 25.3. The van der Waals surface area contributed by atoms with E-state index >= 15 is 0 Å². The molecular formula is C28H29BrClN7O4. The van der Waals surface area contributed by atoms with Crippen LogP contribution in [-0.2, 0) is 4.74 Å². The van der Waals surface area contributed by atoms with Crippen LogP contribution in [0.1, 0.15) is 65.6 Å². The number of carbonyl (C=O) groups excluding carboxylic acids is 3. The summed E-state index contributed by atoms with van der Waals surface area (Å²) < 4.78 is 7.13. The molecule has 1 fully saturated rings. The average molecular weight is 643 g/mol. The largest absolute Gasteiger partial charge is 0.444 e. The molecule has 0 radical (unpaired) electrons. The van der Waals surface area contributed by atoms with E-state index in [0.717, 1.165) is 0 Å². The predicted molar refractivity (Wildman–Crippen MR) is 156 cm³/mol. The van der Waals surface area contributed by atoms with Gasteiger partial charge in [-0.05, 0) is 86.3 Å². The Bertz CT molecular complexity index is 1540. The highest BCUT2D eigenvalue weighted by Gasteiger charge is 2.29. The minimum atomic E-state index is -0.593. The molecule has 0 bridgehead atoms. The number of likely N-dealkylation sites (tertiary alicyclic amines) is 1. The minimum absolute atomic E-state index is 0.127. The van der Waals surface area contributed by atoms with Gasteiger partial charge in [0.2, 0.25) is 0 Å². The summed E-state index contributed by atoms with van der Waals surface area (Å²) in [6.07, 6.45) is 2.20. The number of piperidine rings is 1. The van der Waals surface area contributed by atoms with Crippen molar-refractivity contribution in [2.75, 3.05) is 18.4 Å². The van der Waals surface area contributed by atoms with Crippen LogP contribution in [0.5, 0.6) is 0 Å². The quantitative estimate of drug-likeness (QED) is 0.387. The van der Waals surface area contributed by atoms with Gasteiger partial charge in [0.05, 0.1) is 27.9 Å². The number of ether oxygens (including phenoxy) is 1. The van der Waals surface area contributed by atoms with Crippen molar-refractivity contribution < 1.29 is 19.1 Å². The second-order valence-corrected chi connectivity index (χ2v) is 11.8. The Morgan fingerprint density at radius 1 is 1.17 bits per heavy atom. The number of nitrogens with zero attached hydrogens (tertiary/aromatic N) is 5. The summed E-state index contributed by atoms with van der Waals surface area (Å²) in [7, 11) is 0. The van der Waals surface area contributed by atoms with E-state index in [9.17, 15) is 19.6 Å². The number of nitrogens with one attached hydrogen (secondary N) is 2. The SMILES string of the molecule is Cc1cc(C#N)cc(C(=O)NC2CCN(C(=O)OC(C)(C)C)CC2)c1NC(=O)c1cc(Br)nn1-c1ncccc1Cl. The molecule has 0 saturated carbocycles. The summed E-state index contributed by atoms with van der Waals surface area (Å²) in [4.78, 5) is 45.2. The van der Waals surface area contributed by atoms with E-state index in [1.54, 1.807) is 30.0 Å². The van der Waals surface area contributed by atoms with E-state index in [4.69, 9.17) is 16.3 Å². The topological polar surface area (TPSA) is 142 Å². The first kappa shape index (κ1) is 30.0. The summed E-state index contributed by atoms with van der Waals surface area (Å²) in [5, 5.41) is 19.9. The molecule has 1 aromatic carbocycles. The average Bonchev–Trinajstić information content (AvgIpc) is 3.30. The van der Waals surface area contributed by atoms with Gasteiger partial charge in [0.15, 0.2) is 5.82 Å². The van der Waals surface area contributed by atoms with Gasteiger partial charge in [-0.1, -0.05) is 11.6 Å². The van der Waals surface area contributed by atoms with Gasteiger partial charge in [-0.2, -0.15) is 10.4 Å². The molecule has 3 aromatic rings. The standard InChI is InChI=1S/C28H29BrClN7O4/c1-16-12-17(15-31)13-19(25(38)33-18-7-10-36(11-8-18)27(40)41-28(2,3)4)23(16)34-26(39)21-14-22(29)35-37(21)24-20(30)6-5-9-32-24/h5-6,9,12-14,18H,7-8,10-11H2,1-4H3,(H,33,38)(H,34,39). The number of carbonyl (C=O) groups is 3. The van der Waals surface area contributed by atoms with Crippen molar-refractivity contribution in [1.82, 2.24) is 25.0 Å². The Kier molecular flexibility index (Phi) is 8.99. The van der Waals surface area contributed by atoms with Crippen LogP contribution in [0.2, 0.25) is 5.02 Å². The molecule has 2 N–H and O–H groups in total. The summed E-state index contributed by atoms with van der Waals surface area (Å²) in [5.74, 6) is -0.742. The van der Waals surface area contributed by atoms with Crippen LogP contribution in [0.3, 0.4) is 0 Å². The molecule has 0 aliphatic carbocycles. The van der Waals surface area contributed by atoms with E-state index in [2.05, 4.69) is 42.7 Å². The number of amides is 3. The van der Waals surface area contributed by atoms with Crippen LogP contribution >= 0.6 is 27.5 Å².